The van der Waals surface area contributed by atoms with Gasteiger partial charge in [-0.05, 0) is 31.6 Å². The minimum atomic E-state index is -3.32. The third-order valence-corrected chi connectivity index (χ3v) is 6.64. The number of hydrogen-bond donors (Lipinski definition) is 1. The minimum absolute atomic E-state index is 0.00538. The van der Waals surface area contributed by atoms with Crippen molar-refractivity contribution >= 4 is 10.2 Å². The first-order chi connectivity index (χ1) is 9.09. The van der Waals surface area contributed by atoms with Crippen molar-refractivity contribution in [2.75, 3.05) is 26.2 Å². The zero-order valence-electron chi connectivity index (χ0n) is 11.9. The van der Waals surface area contributed by atoms with Gasteiger partial charge in [0.25, 0.3) is 10.2 Å². The van der Waals surface area contributed by atoms with Crippen LogP contribution < -0.4 is 5.73 Å². The fourth-order valence-electron chi connectivity index (χ4n) is 3.01. The Morgan fingerprint density at radius 3 is 2.47 bits per heavy atom. The molecule has 1 atom stereocenters. The average molecular weight is 289 g/mol. The van der Waals surface area contributed by atoms with Gasteiger partial charge < -0.3 is 5.73 Å². The lowest BCUT2D eigenvalue weighted by molar-refractivity contribution is 0.210. The zero-order chi connectivity index (χ0) is 13.9. The summed E-state index contributed by atoms with van der Waals surface area (Å²) in [6.45, 7) is 4.24. The van der Waals surface area contributed by atoms with E-state index in [2.05, 4.69) is 0 Å². The molecule has 0 aromatic heterocycles. The number of nitrogens with zero attached hydrogens (tertiary/aromatic N) is 2. The van der Waals surface area contributed by atoms with Crippen LogP contribution in [0.5, 0.6) is 0 Å². The van der Waals surface area contributed by atoms with Crippen molar-refractivity contribution in [2.45, 2.75) is 51.5 Å². The van der Waals surface area contributed by atoms with Gasteiger partial charge in [0.05, 0.1) is 0 Å². The monoisotopic (exact) mass is 289 g/mol. The highest BCUT2D eigenvalue weighted by atomic mass is 32.2. The molecule has 1 saturated heterocycles. The molecule has 0 aromatic rings. The quantitative estimate of drug-likeness (QED) is 0.798. The Morgan fingerprint density at radius 1 is 1.21 bits per heavy atom. The molecule has 2 N–H and O–H groups in total. The van der Waals surface area contributed by atoms with E-state index < -0.39 is 10.2 Å². The number of rotatable bonds is 6. The smallest absolute Gasteiger partial charge is 0.282 e. The van der Waals surface area contributed by atoms with Gasteiger partial charge in [0.2, 0.25) is 0 Å². The van der Waals surface area contributed by atoms with Crippen LogP contribution in [0.1, 0.15) is 45.4 Å². The minimum Gasteiger partial charge on any atom is -0.329 e. The van der Waals surface area contributed by atoms with Crippen LogP contribution in [0.2, 0.25) is 0 Å². The maximum atomic E-state index is 12.8. The molecule has 2 rings (SSSR count). The van der Waals surface area contributed by atoms with Gasteiger partial charge in [0, 0.05) is 32.2 Å². The van der Waals surface area contributed by atoms with Gasteiger partial charge in [-0.3, -0.25) is 0 Å². The molecule has 19 heavy (non-hydrogen) atoms. The lowest BCUT2D eigenvalue weighted by Gasteiger charge is -2.39. The standard InChI is InChI=1S/C13H27N3O2S/c1-2-15(11-12-6-5-7-12)19(17,18)16-9-4-3-8-13(16)10-14/h12-13H,2-11,14H2,1H3. The van der Waals surface area contributed by atoms with E-state index in [1.807, 2.05) is 6.92 Å². The Labute approximate surface area is 117 Å². The molecule has 5 nitrogen and oxygen atoms in total. The van der Waals surface area contributed by atoms with Crippen molar-refractivity contribution < 1.29 is 8.42 Å². The Kier molecular flexibility index (Phi) is 5.22. The second kappa shape index (κ2) is 6.52. The molecular formula is C13H27N3O2S. The first-order valence-corrected chi connectivity index (χ1v) is 8.96. The van der Waals surface area contributed by atoms with E-state index in [0.717, 1.165) is 19.3 Å². The Morgan fingerprint density at radius 2 is 1.95 bits per heavy atom. The third kappa shape index (κ3) is 3.29. The predicted octanol–water partition coefficient (Wildman–Crippen LogP) is 1.17. The van der Waals surface area contributed by atoms with E-state index in [1.165, 1.54) is 19.3 Å². The number of hydrogen-bond acceptors (Lipinski definition) is 3. The molecule has 0 amide bonds. The first-order valence-electron chi connectivity index (χ1n) is 7.56. The maximum absolute atomic E-state index is 12.8. The van der Waals surface area contributed by atoms with Crippen molar-refractivity contribution in [1.82, 2.24) is 8.61 Å². The molecule has 1 aliphatic heterocycles. The summed E-state index contributed by atoms with van der Waals surface area (Å²) in [5.74, 6) is 0.566. The van der Waals surface area contributed by atoms with Crippen molar-refractivity contribution in [3.05, 3.63) is 0 Å². The summed E-state index contributed by atoms with van der Waals surface area (Å²) in [5, 5.41) is 0. The Balaban J connectivity index is 2.08. The van der Waals surface area contributed by atoms with Crippen LogP contribution in [0.3, 0.4) is 0 Å². The highest BCUT2D eigenvalue weighted by molar-refractivity contribution is 7.86. The largest absolute Gasteiger partial charge is 0.329 e. The summed E-state index contributed by atoms with van der Waals surface area (Å²) >= 11 is 0. The molecule has 1 saturated carbocycles. The van der Waals surface area contributed by atoms with Gasteiger partial charge in [-0.1, -0.05) is 19.8 Å². The molecule has 2 aliphatic rings. The SMILES string of the molecule is CCN(CC1CCC1)S(=O)(=O)N1CCCCC1CN. The number of nitrogens with two attached hydrogens (primary N) is 1. The summed E-state index contributed by atoms with van der Waals surface area (Å²) in [5.41, 5.74) is 5.75. The molecule has 1 heterocycles. The van der Waals surface area contributed by atoms with E-state index in [1.54, 1.807) is 8.61 Å². The molecule has 2 fully saturated rings. The van der Waals surface area contributed by atoms with Crippen LogP contribution in [0.4, 0.5) is 0 Å². The van der Waals surface area contributed by atoms with E-state index in [0.29, 0.717) is 32.1 Å². The predicted molar refractivity (Wildman–Crippen MR) is 76.9 cm³/mol. The van der Waals surface area contributed by atoms with Crippen molar-refractivity contribution in [2.24, 2.45) is 11.7 Å². The summed E-state index contributed by atoms with van der Waals surface area (Å²) < 4.78 is 28.8. The molecule has 6 heteroatoms. The molecule has 112 valence electrons. The highest BCUT2D eigenvalue weighted by Gasteiger charge is 2.36. The van der Waals surface area contributed by atoms with Gasteiger partial charge in [-0.15, -0.1) is 0 Å². The lowest BCUT2D eigenvalue weighted by atomic mass is 9.85. The molecule has 1 aliphatic carbocycles. The molecule has 0 radical (unpaired) electrons. The van der Waals surface area contributed by atoms with Crippen molar-refractivity contribution in [3.63, 3.8) is 0 Å². The van der Waals surface area contributed by atoms with Crippen LogP contribution in [-0.4, -0.2) is 49.2 Å². The average Bonchev–Trinajstić information content (AvgIpc) is 2.37. The fraction of sp³-hybridized carbons (Fsp3) is 1.00. The summed E-state index contributed by atoms with van der Waals surface area (Å²) in [4.78, 5) is 0. The van der Waals surface area contributed by atoms with Gasteiger partial charge in [-0.2, -0.15) is 17.0 Å². The van der Waals surface area contributed by atoms with Crippen molar-refractivity contribution in [3.8, 4) is 0 Å². The topological polar surface area (TPSA) is 66.6 Å². The second-order valence-corrected chi connectivity index (χ2v) is 7.63. The first kappa shape index (κ1) is 15.2. The molecule has 0 aromatic carbocycles. The van der Waals surface area contributed by atoms with E-state index in [4.69, 9.17) is 5.73 Å². The normalized spacial score (nSPS) is 26.6. The van der Waals surface area contributed by atoms with Gasteiger partial charge >= 0.3 is 0 Å². The number of piperidine rings is 1. The van der Waals surface area contributed by atoms with E-state index >= 15 is 0 Å². The van der Waals surface area contributed by atoms with Gasteiger partial charge in [0.15, 0.2) is 0 Å². The van der Waals surface area contributed by atoms with Crippen LogP contribution in [-0.2, 0) is 10.2 Å². The Hall–Kier alpha value is -0.170. The highest BCUT2D eigenvalue weighted by Crippen LogP contribution is 2.29. The third-order valence-electron chi connectivity index (χ3n) is 4.51. The van der Waals surface area contributed by atoms with E-state index in [-0.39, 0.29) is 6.04 Å². The summed E-state index contributed by atoms with van der Waals surface area (Å²) in [7, 11) is -3.32. The van der Waals surface area contributed by atoms with Gasteiger partial charge in [0.1, 0.15) is 0 Å². The zero-order valence-corrected chi connectivity index (χ0v) is 12.7. The van der Waals surface area contributed by atoms with Crippen molar-refractivity contribution in [1.29, 1.82) is 0 Å². The van der Waals surface area contributed by atoms with Crippen LogP contribution in [0.25, 0.3) is 0 Å². The Bertz CT molecular complexity index is 381. The lowest BCUT2D eigenvalue weighted by Crippen LogP contribution is -2.53. The molecule has 0 bridgehead atoms. The van der Waals surface area contributed by atoms with Crippen LogP contribution in [0, 0.1) is 5.92 Å². The van der Waals surface area contributed by atoms with E-state index in [9.17, 15) is 8.42 Å². The fourth-order valence-corrected chi connectivity index (χ4v) is 4.96. The second-order valence-electron chi connectivity index (χ2n) is 5.75. The molecular weight excluding hydrogens is 262 g/mol. The molecule has 0 spiro atoms. The summed E-state index contributed by atoms with van der Waals surface area (Å²) in [6.07, 6.45) is 6.53. The van der Waals surface area contributed by atoms with Gasteiger partial charge in [-0.25, -0.2) is 0 Å². The maximum Gasteiger partial charge on any atom is 0.282 e. The summed E-state index contributed by atoms with van der Waals surface area (Å²) in [6, 6.07) is -0.00538. The van der Waals surface area contributed by atoms with Crippen LogP contribution >= 0.6 is 0 Å². The van der Waals surface area contributed by atoms with Crippen LogP contribution in [0.15, 0.2) is 0 Å². The molecule has 1 unspecified atom stereocenters.